The van der Waals surface area contributed by atoms with Crippen LogP contribution in [0.1, 0.15) is 46.4 Å². The van der Waals surface area contributed by atoms with E-state index in [4.69, 9.17) is 4.74 Å². The number of carboxylic acid groups (broad SMARTS) is 1. The van der Waals surface area contributed by atoms with Crippen LogP contribution in [0.15, 0.2) is 48.5 Å². The Bertz CT molecular complexity index is 863. The molecule has 2 fully saturated rings. The van der Waals surface area contributed by atoms with E-state index in [9.17, 15) is 14.7 Å². The number of fused-ring (bicyclic) bond motifs is 1. The van der Waals surface area contributed by atoms with E-state index in [-0.39, 0.29) is 23.6 Å². The van der Waals surface area contributed by atoms with E-state index in [0.29, 0.717) is 22.6 Å². The predicted molar refractivity (Wildman–Crippen MR) is 102 cm³/mol. The lowest BCUT2D eigenvalue weighted by Gasteiger charge is -2.33. The van der Waals surface area contributed by atoms with Gasteiger partial charge in [0.15, 0.2) is 0 Å². The van der Waals surface area contributed by atoms with Crippen molar-refractivity contribution in [2.24, 2.45) is 5.92 Å². The van der Waals surface area contributed by atoms with Crippen LogP contribution in [0.5, 0.6) is 0 Å². The molecule has 2 N–H and O–H groups in total. The monoisotopic (exact) mass is 365 g/mol. The maximum Gasteiger partial charge on any atom is 0.336 e. The van der Waals surface area contributed by atoms with Crippen molar-refractivity contribution in [1.29, 1.82) is 0 Å². The zero-order valence-corrected chi connectivity index (χ0v) is 15.1. The maximum atomic E-state index is 13.1. The van der Waals surface area contributed by atoms with Crippen molar-refractivity contribution in [3.05, 3.63) is 59.7 Å². The molecule has 5 heteroatoms. The van der Waals surface area contributed by atoms with Crippen molar-refractivity contribution in [1.82, 2.24) is 5.32 Å². The van der Waals surface area contributed by atoms with Crippen molar-refractivity contribution in [3.8, 4) is 11.1 Å². The van der Waals surface area contributed by atoms with Gasteiger partial charge >= 0.3 is 5.97 Å². The number of carbonyl (C=O) groups is 2. The predicted octanol–water partition coefficient (Wildman–Crippen LogP) is 3.74. The van der Waals surface area contributed by atoms with E-state index in [1.807, 2.05) is 12.1 Å². The number of carboxylic acids is 1. The van der Waals surface area contributed by atoms with Gasteiger partial charge in [-0.05, 0) is 48.9 Å². The highest BCUT2D eigenvalue weighted by Crippen LogP contribution is 2.35. The summed E-state index contributed by atoms with van der Waals surface area (Å²) in [4.78, 5) is 24.7. The van der Waals surface area contributed by atoms with E-state index in [2.05, 4.69) is 5.32 Å². The topological polar surface area (TPSA) is 75.6 Å². The van der Waals surface area contributed by atoms with Crippen molar-refractivity contribution in [3.63, 3.8) is 0 Å². The molecule has 2 aromatic rings. The van der Waals surface area contributed by atoms with Gasteiger partial charge in [0.25, 0.3) is 5.91 Å². The zero-order chi connectivity index (χ0) is 18.8. The molecular formula is C22H23NO4. The summed E-state index contributed by atoms with van der Waals surface area (Å²) in [6, 6.07) is 14.1. The number of amides is 1. The molecule has 3 unspecified atom stereocenters. The van der Waals surface area contributed by atoms with E-state index in [0.717, 1.165) is 32.3 Å². The third kappa shape index (κ3) is 3.47. The number of benzene rings is 2. The van der Waals surface area contributed by atoms with E-state index in [1.165, 1.54) is 0 Å². The van der Waals surface area contributed by atoms with Gasteiger partial charge in [-0.25, -0.2) is 4.79 Å². The van der Waals surface area contributed by atoms with Crippen LogP contribution in [0.25, 0.3) is 11.1 Å². The third-order valence-corrected chi connectivity index (χ3v) is 5.72. The van der Waals surface area contributed by atoms with Crippen LogP contribution in [-0.2, 0) is 4.74 Å². The van der Waals surface area contributed by atoms with Crippen LogP contribution in [0, 0.1) is 5.92 Å². The van der Waals surface area contributed by atoms with Crippen LogP contribution in [0.3, 0.4) is 0 Å². The van der Waals surface area contributed by atoms with Crippen molar-refractivity contribution < 1.29 is 19.4 Å². The normalized spacial score (nSPS) is 24.2. The second-order valence-corrected chi connectivity index (χ2v) is 7.27. The molecule has 0 bridgehead atoms. The first-order valence-corrected chi connectivity index (χ1v) is 9.49. The highest BCUT2D eigenvalue weighted by Gasteiger charge is 2.38. The fraction of sp³-hybridized carbons (Fsp3) is 0.364. The van der Waals surface area contributed by atoms with Gasteiger partial charge in [0.1, 0.15) is 0 Å². The lowest BCUT2D eigenvalue weighted by atomic mass is 9.81. The Morgan fingerprint density at radius 1 is 0.926 bits per heavy atom. The summed E-state index contributed by atoms with van der Waals surface area (Å²) in [7, 11) is 0. The van der Waals surface area contributed by atoms with Crippen LogP contribution in [0.4, 0.5) is 0 Å². The van der Waals surface area contributed by atoms with Gasteiger partial charge in [-0.2, -0.15) is 0 Å². The largest absolute Gasteiger partial charge is 0.478 e. The Labute approximate surface area is 158 Å². The van der Waals surface area contributed by atoms with Gasteiger partial charge in [0.05, 0.1) is 11.7 Å². The first-order chi connectivity index (χ1) is 13.1. The minimum absolute atomic E-state index is 0.113. The number of nitrogens with one attached hydrogen (secondary N) is 1. The number of ether oxygens (including phenoxy) is 1. The average molecular weight is 365 g/mol. The van der Waals surface area contributed by atoms with Crippen LogP contribution in [-0.4, -0.2) is 35.7 Å². The van der Waals surface area contributed by atoms with Gasteiger partial charge < -0.3 is 15.2 Å². The number of carbonyl (C=O) groups excluding carboxylic acids is 1. The number of hydrogen-bond acceptors (Lipinski definition) is 3. The minimum Gasteiger partial charge on any atom is -0.478 e. The fourth-order valence-electron chi connectivity index (χ4n) is 4.42. The molecule has 2 aliphatic rings. The SMILES string of the molecule is O=C(O)c1ccccc1-c1ccccc1C(=O)NC1CCCC2OCCC12. The number of aromatic carboxylic acids is 1. The molecule has 1 amide bonds. The molecule has 2 aromatic carbocycles. The average Bonchev–Trinajstić information content (AvgIpc) is 3.18. The van der Waals surface area contributed by atoms with Crippen molar-refractivity contribution in [2.75, 3.05) is 6.61 Å². The Morgan fingerprint density at radius 2 is 1.59 bits per heavy atom. The zero-order valence-electron chi connectivity index (χ0n) is 15.1. The molecule has 5 nitrogen and oxygen atoms in total. The summed E-state index contributed by atoms with van der Waals surface area (Å²) in [5.41, 5.74) is 1.90. The molecule has 27 heavy (non-hydrogen) atoms. The van der Waals surface area contributed by atoms with Gasteiger partial charge in [-0.1, -0.05) is 36.4 Å². The van der Waals surface area contributed by atoms with E-state index >= 15 is 0 Å². The van der Waals surface area contributed by atoms with Gasteiger partial charge in [0, 0.05) is 24.1 Å². The van der Waals surface area contributed by atoms with Gasteiger partial charge in [-0.15, -0.1) is 0 Å². The summed E-state index contributed by atoms with van der Waals surface area (Å²) in [6.45, 7) is 0.768. The molecule has 1 aliphatic heterocycles. The third-order valence-electron chi connectivity index (χ3n) is 5.72. The summed E-state index contributed by atoms with van der Waals surface area (Å²) in [6.07, 6.45) is 4.32. The highest BCUT2D eigenvalue weighted by molar-refractivity contribution is 6.04. The molecule has 1 aliphatic carbocycles. The summed E-state index contributed by atoms with van der Waals surface area (Å²) in [5, 5.41) is 12.7. The van der Waals surface area contributed by atoms with E-state index < -0.39 is 5.97 Å². The van der Waals surface area contributed by atoms with Gasteiger partial charge in [0.2, 0.25) is 0 Å². The first kappa shape index (κ1) is 17.7. The molecule has 1 heterocycles. The van der Waals surface area contributed by atoms with Gasteiger partial charge in [-0.3, -0.25) is 4.79 Å². The first-order valence-electron chi connectivity index (χ1n) is 9.49. The highest BCUT2D eigenvalue weighted by atomic mass is 16.5. The van der Waals surface area contributed by atoms with Crippen molar-refractivity contribution >= 4 is 11.9 Å². The van der Waals surface area contributed by atoms with E-state index in [1.54, 1.807) is 36.4 Å². The molecule has 1 saturated carbocycles. The lowest BCUT2D eigenvalue weighted by Crippen LogP contribution is -2.45. The Kier molecular flexibility index (Phi) is 4.94. The molecule has 0 radical (unpaired) electrons. The quantitative estimate of drug-likeness (QED) is 0.865. The maximum absolute atomic E-state index is 13.1. The number of hydrogen-bond donors (Lipinski definition) is 2. The molecule has 4 rings (SSSR count). The van der Waals surface area contributed by atoms with Crippen LogP contribution < -0.4 is 5.32 Å². The lowest BCUT2D eigenvalue weighted by molar-refractivity contribution is 0.0510. The molecule has 3 atom stereocenters. The molecule has 0 aromatic heterocycles. The summed E-state index contributed by atoms with van der Waals surface area (Å²) < 4.78 is 5.79. The van der Waals surface area contributed by atoms with Crippen LogP contribution >= 0.6 is 0 Å². The molecule has 0 spiro atoms. The summed E-state index contributed by atoms with van der Waals surface area (Å²) >= 11 is 0. The Balaban J connectivity index is 1.63. The second kappa shape index (κ2) is 7.53. The minimum atomic E-state index is -1.00. The number of rotatable bonds is 4. The summed E-state index contributed by atoms with van der Waals surface area (Å²) in [5.74, 6) is -0.774. The van der Waals surface area contributed by atoms with Crippen LogP contribution in [0.2, 0.25) is 0 Å². The smallest absolute Gasteiger partial charge is 0.336 e. The fourth-order valence-corrected chi connectivity index (χ4v) is 4.42. The molecular weight excluding hydrogens is 342 g/mol. The molecule has 1 saturated heterocycles. The van der Waals surface area contributed by atoms with Crippen molar-refractivity contribution in [2.45, 2.75) is 37.8 Å². The Morgan fingerprint density at radius 3 is 2.33 bits per heavy atom. The Hall–Kier alpha value is -2.66. The standard InChI is InChI=1S/C22H23NO4/c24-21(23-19-10-5-11-20-18(19)12-13-27-20)16-8-3-1-6-14(16)15-7-2-4-9-17(15)22(25)26/h1-4,6-9,18-20H,5,10-13H2,(H,23,24)(H,25,26). The molecule has 140 valence electrons. The second-order valence-electron chi connectivity index (χ2n) is 7.27.